The largest absolute Gasteiger partial charge is 0.324 e. The fourth-order valence-corrected chi connectivity index (χ4v) is 2.98. The fourth-order valence-electron chi connectivity index (χ4n) is 1.34. The molecule has 2 N–H and O–H groups in total. The van der Waals surface area contributed by atoms with Crippen molar-refractivity contribution in [1.29, 1.82) is 0 Å². The normalized spacial score (nSPS) is 13.1. The Kier molecular flexibility index (Phi) is 5.83. The molecule has 1 atom stereocenters. The van der Waals surface area contributed by atoms with Crippen LogP contribution in [0, 0.1) is 0 Å². The minimum atomic E-state index is 0.0827. The maximum atomic E-state index is 5.97. The van der Waals surface area contributed by atoms with Gasteiger partial charge in [-0.05, 0) is 44.8 Å². The molecule has 2 nitrogen and oxygen atoms in total. The summed E-state index contributed by atoms with van der Waals surface area (Å²) in [4.78, 5) is 3.48. The molecule has 0 radical (unpaired) electrons. The van der Waals surface area contributed by atoms with Crippen LogP contribution in [0.4, 0.5) is 0 Å². The third kappa shape index (κ3) is 4.45. The van der Waals surface area contributed by atoms with E-state index in [2.05, 4.69) is 53.1 Å². The maximum absolute atomic E-state index is 5.97. The maximum Gasteiger partial charge on any atom is 0.0277 e. The summed E-state index contributed by atoms with van der Waals surface area (Å²) in [6.07, 6.45) is 0. The van der Waals surface area contributed by atoms with Gasteiger partial charge in [0.15, 0.2) is 0 Å². The molecule has 1 rings (SSSR count). The third-order valence-electron chi connectivity index (χ3n) is 2.26. The van der Waals surface area contributed by atoms with Crippen LogP contribution in [-0.2, 0) is 0 Å². The average Bonchev–Trinajstić information content (AvgIpc) is 2.19. The molecule has 0 fully saturated rings. The van der Waals surface area contributed by atoms with E-state index in [1.807, 2.05) is 18.7 Å². The first-order chi connectivity index (χ1) is 7.50. The van der Waals surface area contributed by atoms with E-state index in [-0.39, 0.29) is 6.04 Å². The zero-order chi connectivity index (χ0) is 12.1. The summed E-state index contributed by atoms with van der Waals surface area (Å²) in [5, 5.41) is 0. The molecule has 4 heteroatoms. The van der Waals surface area contributed by atoms with Gasteiger partial charge in [-0.1, -0.05) is 15.9 Å². The van der Waals surface area contributed by atoms with Gasteiger partial charge in [-0.3, -0.25) is 0 Å². The van der Waals surface area contributed by atoms with Crippen LogP contribution in [0.2, 0.25) is 0 Å². The van der Waals surface area contributed by atoms with Gasteiger partial charge >= 0.3 is 0 Å². The van der Waals surface area contributed by atoms with E-state index in [9.17, 15) is 0 Å². The Bertz CT molecular complexity index is 340. The lowest BCUT2D eigenvalue weighted by atomic mass is 10.1. The smallest absolute Gasteiger partial charge is 0.0277 e. The molecule has 0 heterocycles. The standard InChI is InChI=1S/C12H19BrN2S/c1-9(14)11-8-10(13)4-5-12(11)16-7-6-15(2)3/h4-5,8-9H,6-7,14H2,1-3H3. The molecule has 0 aliphatic heterocycles. The molecular weight excluding hydrogens is 284 g/mol. The molecule has 0 aliphatic carbocycles. The van der Waals surface area contributed by atoms with Crippen molar-refractivity contribution < 1.29 is 0 Å². The Morgan fingerprint density at radius 1 is 1.44 bits per heavy atom. The molecule has 0 saturated carbocycles. The lowest BCUT2D eigenvalue weighted by Crippen LogP contribution is -2.15. The van der Waals surface area contributed by atoms with Crippen molar-refractivity contribution in [2.45, 2.75) is 17.9 Å². The van der Waals surface area contributed by atoms with Gasteiger partial charge in [-0.25, -0.2) is 0 Å². The molecule has 0 amide bonds. The molecule has 0 saturated heterocycles. The summed E-state index contributed by atoms with van der Waals surface area (Å²) >= 11 is 5.35. The van der Waals surface area contributed by atoms with Crippen molar-refractivity contribution in [3.63, 3.8) is 0 Å². The van der Waals surface area contributed by atoms with Crippen LogP contribution in [0.3, 0.4) is 0 Å². The Morgan fingerprint density at radius 2 is 2.12 bits per heavy atom. The number of benzene rings is 1. The van der Waals surface area contributed by atoms with Crippen molar-refractivity contribution in [1.82, 2.24) is 4.90 Å². The third-order valence-corrected chi connectivity index (χ3v) is 3.82. The van der Waals surface area contributed by atoms with Crippen LogP contribution in [0.25, 0.3) is 0 Å². The summed E-state index contributed by atoms with van der Waals surface area (Å²) in [7, 11) is 4.18. The topological polar surface area (TPSA) is 29.3 Å². The van der Waals surface area contributed by atoms with E-state index >= 15 is 0 Å². The number of thioether (sulfide) groups is 1. The van der Waals surface area contributed by atoms with Crippen LogP contribution < -0.4 is 5.73 Å². The number of nitrogens with zero attached hydrogens (tertiary/aromatic N) is 1. The summed E-state index contributed by atoms with van der Waals surface area (Å²) in [5.41, 5.74) is 7.19. The zero-order valence-electron chi connectivity index (χ0n) is 10.0. The number of hydrogen-bond donors (Lipinski definition) is 1. The van der Waals surface area contributed by atoms with Crippen molar-refractivity contribution in [2.24, 2.45) is 5.73 Å². The molecule has 90 valence electrons. The second kappa shape index (κ2) is 6.64. The van der Waals surface area contributed by atoms with Crippen molar-refractivity contribution in [3.05, 3.63) is 28.2 Å². The van der Waals surface area contributed by atoms with Crippen LogP contribution >= 0.6 is 27.7 Å². The Labute approximate surface area is 111 Å². The number of hydrogen-bond acceptors (Lipinski definition) is 3. The minimum Gasteiger partial charge on any atom is -0.324 e. The van der Waals surface area contributed by atoms with Gasteiger partial charge in [-0.2, -0.15) is 0 Å². The van der Waals surface area contributed by atoms with E-state index in [1.54, 1.807) is 0 Å². The molecule has 1 aromatic carbocycles. The van der Waals surface area contributed by atoms with Crippen LogP contribution in [0.15, 0.2) is 27.6 Å². The minimum absolute atomic E-state index is 0.0827. The number of nitrogens with two attached hydrogens (primary N) is 1. The second-order valence-corrected chi connectivity index (χ2v) is 6.17. The van der Waals surface area contributed by atoms with E-state index in [0.717, 1.165) is 16.8 Å². The SMILES string of the molecule is CC(N)c1cc(Br)ccc1SCCN(C)C. The van der Waals surface area contributed by atoms with Gasteiger partial charge in [-0.15, -0.1) is 11.8 Å². The molecular formula is C12H19BrN2S. The molecule has 0 bridgehead atoms. The molecule has 0 aromatic heterocycles. The summed E-state index contributed by atoms with van der Waals surface area (Å²) < 4.78 is 1.09. The highest BCUT2D eigenvalue weighted by Crippen LogP contribution is 2.29. The van der Waals surface area contributed by atoms with Gasteiger partial charge < -0.3 is 10.6 Å². The van der Waals surface area contributed by atoms with E-state index in [4.69, 9.17) is 5.73 Å². The Morgan fingerprint density at radius 3 is 2.69 bits per heavy atom. The highest BCUT2D eigenvalue weighted by Gasteiger charge is 2.08. The first kappa shape index (κ1) is 14.0. The van der Waals surface area contributed by atoms with Crippen LogP contribution in [0.5, 0.6) is 0 Å². The lowest BCUT2D eigenvalue weighted by Gasteiger charge is -2.14. The first-order valence-corrected chi connectivity index (χ1v) is 7.11. The molecule has 0 aliphatic rings. The zero-order valence-corrected chi connectivity index (χ0v) is 12.4. The van der Waals surface area contributed by atoms with Crippen LogP contribution in [0.1, 0.15) is 18.5 Å². The van der Waals surface area contributed by atoms with Gasteiger partial charge in [0.05, 0.1) is 0 Å². The van der Waals surface area contributed by atoms with Crippen molar-refractivity contribution >= 4 is 27.7 Å². The number of rotatable bonds is 5. The van der Waals surface area contributed by atoms with Gasteiger partial charge in [0.25, 0.3) is 0 Å². The highest BCUT2D eigenvalue weighted by atomic mass is 79.9. The highest BCUT2D eigenvalue weighted by molar-refractivity contribution is 9.10. The predicted molar refractivity (Wildman–Crippen MR) is 76.0 cm³/mol. The predicted octanol–water partition coefficient (Wildman–Crippen LogP) is 3.12. The Balaban J connectivity index is 2.71. The molecule has 16 heavy (non-hydrogen) atoms. The first-order valence-electron chi connectivity index (χ1n) is 5.33. The lowest BCUT2D eigenvalue weighted by molar-refractivity contribution is 0.437. The summed E-state index contributed by atoms with van der Waals surface area (Å²) in [6.45, 7) is 3.11. The summed E-state index contributed by atoms with van der Waals surface area (Å²) in [5.74, 6) is 1.09. The van der Waals surface area contributed by atoms with Gasteiger partial charge in [0.2, 0.25) is 0 Å². The second-order valence-electron chi connectivity index (χ2n) is 4.12. The van der Waals surface area contributed by atoms with Crippen molar-refractivity contribution in [3.8, 4) is 0 Å². The quantitative estimate of drug-likeness (QED) is 0.848. The van der Waals surface area contributed by atoms with Gasteiger partial charge in [0, 0.05) is 27.7 Å². The molecule has 0 spiro atoms. The van der Waals surface area contributed by atoms with Crippen LogP contribution in [-0.4, -0.2) is 31.3 Å². The van der Waals surface area contributed by atoms with Gasteiger partial charge in [0.1, 0.15) is 0 Å². The van der Waals surface area contributed by atoms with E-state index in [0.29, 0.717) is 0 Å². The number of halogens is 1. The summed E-state index contributed by atoms with van der Waals surface area (Å²) in [6, 6.07) is 6.41. The molecule has 1 aromatic rings. The average molecular weight is 303 g/mol. The molecule has 1 unspecified atom stereocenters. The Hall–Kier alpha value is -0.0300. The van der Waals surface area contributed by atoms with E-state index < -0.39 is 0 Å². The monoisotopic (exact) mass is 302 g/mol. The van der Waals surface area contributed by atoms with Crippen molar-refractivity contribution in [2.75, 3.05) is 26.4 Å². The van der Waals surface area contributed by atoms with E-state index in [1.165, 1.54) is 10.5 Å². The fraction of sp³-hybridized carbons (Fsp3) is 0.500.